The first-order chi connectivity index (χ1) is 13.0. The number of rotatable bonds is 6. The molecule has 1 amide bonds. The number of benzene rings is 2. The van der Waals surface area contributed by atoms with E-state index in [2.05, 4.69) is 72.4 Å². The summed E-state index contributed by atoms with van der Waals surface area (Å²) in [5, 5.41) is 3.09. The molecule has 1 heterocycles. The predicted molar refractivity (Wildman–Crippen MR) is 115 cm³/mol. The minimum Gasteiger partial charge on any atom is -0.369 e. The average molecular weight is 384 g/mol. The second kappa shape index (κ2) is 9.29. The van der Waals surface area contributed by atoms with Crippen molar-refractivity contribution < 1.29 is 4.79 Å². The summed E-state index contributed by atoms with van der Waals surface area (Å²) in [5.74, 6) is 0.523. The predicted octanol–water partition coefficient (Wildman–Crippen LogP) is 3.46. The van der Waals surface area contributed by atoms with E-state index in [1.807, 2.05) is 6.07 Å². The maximum atomic E-state index is 12.4. The Bertz CT molecular complexity index is 785. The van der Waals surface area contributed by atoms with Gasteiger partial charge in [-0.3, -0.25) is 4.79 Å². The fourth-order valence-corrected chi connectivity index (χ4v) is 4.22. The van der Waals surface area contributed by atoms with Crippen molar-refractivity contribution >= 4 is 23.4 Å². The van der Waals surface area contributed by atoms with E-state index >= 15 is 0 Å². The SMILES string of the molecule is Cc1ccc(C)c(SCC(=O)NCc2ccccc2N2CCN(C)CC2)c1. The highest BCUT2D eigenvalue weighted by Crippen LogP contribution is 2.24. The van der Waals surface area contributed by atoms with Crippen LogP contribution >= 0.6 is 11.8 Å². The number of anilines is 1. The first-order valence-corrected chi connectivity index (χ1v) is 10.5. The zero-order valence-electron chi connectivity index (χ0n) is 16.5. The third kappa shape index (κ3) is 5.50. The van der Waals surface area contributed by atoms with Gasteiger partial charge in [-0.15, -0.1) is 11.8 Å². The number of para-hydroxylation sites is 1. The number of hydrogen-bond acceptors (Lipinski definition) is 4. The Morgan fingerprint density at radius 3 is 2.59 bits per heavy atom. The molecule has 1 fully saturated rings. The van der Waals surface area contributed by atoms with Gasteiger partial charge in [-0.05, 0) is 44.2 Å². The Labute approximate surface area is 166 Å². The Morgan fingerprint density at radius 1 is 1.07 bits per heavy atom. The molecule has 0 aliphatic carbocycles. The molecule has 0 bridgehead atoms. The first kappa shape index (κ1) is 19.8. The molecule has 0 radical (unpaired) electrons. The lowest BCUT2D eigenvalue weighted by Gasteiger charge is -2.35. The highest BCUT2D eigenvalue weighted by molar-refractivity contribution is 8.00. The van der Waals surface area contributed by atoms with Crippen LogP contribution in [-0.4, -0.2) is 49.8 Å². The number of amides is 1. The van der Waals surface area contributed by atoms with Crippen molar-refractivity contribution in [2.75, 3.05) is 43.9 Å². The third-order valence-electron chi connectivity index (χ3n) is 5.01. The van der Waals surface area contributed by atoms with E-state index in [-0.39, 0.29) is 5.91 Å². The Kier molecular flexibility index (Phi) is 6.80. The van der Waals surface area contributed by atoms with E-state index in [1.165, 1.54) is 27.3 Å². The lowest BCUT2D eigenvalue weighted by molar-refractivity contribution is -0.118. The number of nitrogens with one attached hydrogen (secondary N) is 1. The number of carbonyl (C=O) groups excluding carboxylic acids is 1. The molecule has 144 valence electrons. The minimum absolute atomic E-state index is 0.0779. The molecule has 2 aromatic carbocycles. The van der Waals surface area contributed by atoms with Crippen molar-refractivity contribution in [1.82, 2.24) is 10.2 Å². The number of piperazine rings is 1. The Hall–Kier alpha value is -1.98. The van der Waals surface area contributed by atoms with Crippen LogP contribution < -0.4 is 10.2 Å². The van der Waals surface area contributed by atoms with Crippen molar-refractivity contribution in [1.29, 1.82) is 0 Å². The molecule has 0 atom stereocenters. The van der Waals surface area contributed by atoms with Gasteiger partial charge in [-0.2, -0.15) is 0 Å². The lowest BCUT2D eigenvalue weighted by Crippen LogP contribution is -2.45. The summed E-state index contributed by atoms with van der Waals surface area (Å²) >= 11 is 1.61. The van der Waals surface area contributed by atoms with Gasteiger partial charge >= 0.3 is 0 Å². The summed E-state index contributed by atoms with van der Waals surface area (Å²) in [6.07, 6.45) is 0. The van der Waals surface area contributed by atoms with Crippen molar-refractivity contribution in [2.45, 2.75) is 25.3 Å². The van der Waals surface area contributed by atoms with Gasteiger partial charge in [0.25, 0.3) is 0 Å². The van der Waals surface area contributed by atoms with Crippen molar-refractivity contribution in [2.24, 2.45) is 0 Å². The second-order valence-electron chi connectivity index (χ2n) is 7.25. The van der Waals surface area contributed by atoms with Crippen LogP contribution in [0.25, 0.3) is 0 Å². The fraction of sp³-hybridized carbons (Fsp3) is 0.409. The smallest absolute Gasteiger partial charge is 0.230 e. The molecular weight excluding hydrogens is 354 g/mol. The monoisotopic (exact) mass is 383 g/mol. The summed E-state index contributed by atoms with van der Waals surface area (Å²) in [7, 11) is 2.16. The highest BCUT2D eigenvalue weighted by atomic mass is 32.2. The summed E-state index contributed by atoms with van der Waals surface area (Å²) in [5.41, 5.74) is 4.88. The highest BCUT2D eigenvalue weighted by Gasteiger charge is 2.17. The zero-order chi connectivity index (χ0) is 19.2. The number of thioether (sulfide) groups is 1. The molecule has 0 unspecified atom stereocenters. The molecule has 4 nitrogen and oxygen atoms in total. The van der Waals surface area contributed by atoms with E-state index in [9.17, 15) is 4.79 Å². The van der Waals surface area contributed by atoms with Crippen molar-refractivity contribution in [3.8, 4) is 0 Å². The van der Waals surface area contributed by atoms with E-state index in [0.29, 0.717) is 12.3 Å². The zero-order valence-corrected chi connectivity index (χ0v) is 17.3. The lowest BCUT2D eigenvalue weighted by atomic mass is 10.1. The van der Waals surface area contributed by atoms with Crippen LogP contribution in [0.2, 0.25) is 0 Å². The van der Waals surface area contributed by atoms with Gasteiger partial charge < -0.3 is 15.1 Å². The first-order valence-electron chi connectivity index (χ1n) is 9.51. The second-order valence-corrected chi connectivity index (χ2v) is 8.27. The number of hydrogen-bond donors (Lipinski definition) is 1. The van der Waals surface area contributed by atoms with Gasteiger partial charge in [0.2, 0.25) is 5.91 Å². The Balaban J connectivity index is 1.55. The standard InChI is InChI=1S/C22H29N3OS/c1-17-8-9-18(2)21(14-17)27-16-22(26)23-15-19-6-4-5-7-20(19)25-12-10-24(3)11-13-25/h4-9,14H,10-13,15-16H2,1-3H3,(H,23,26). The van der Waals surface area contributed by atoms with Crippen LogP contribution in [-0.2, 0) is 11.3 Å². The molecule has 1 N–H and O–H groups in total. The topological polar surface area (TPSA) is 35.6 Å². The van der Waals surface area contributed by atoms with Crippen LogP contribution in [0.4, 0.5) is 5.69 Å². The molecule has 2 aromatic rings. The fourth-order valence-electron chi connectivity index (χ4n) is 3.27. The summed E-state index contributed by atoms with van der Waals surface area (Å²) in [6.45, 7) is 8.97. The molecule has 0 spiro atoms. The van der Waals surface area contributed by atoms with Gasteiger partial charge in [0.05, 0.1) is 5.75 Å². The van der Waals surface area contributed by atoms with Gasteiger partial charge in [0, 0.05) is 43.3 Å². The molecule has 27 heavy (non-hydrogen) atoms. The van der Waals surface area contributed by atoms with Crippen molar-refractivity contribution in [3.05, 3.63) is 59.2 Å². The molecule has 1 aliphatic heterocycles. The van der Waals surface area contributed by atoms with Gasteiger partial charge in [0.15, 0.2) is 0 Å². The van der Waals surface area contributed by atoms with Gasteiger partial charge in [-0.25, -0.2) is 0 Å². The normalized spacial score (nSPS) is 15.0. The van der Waals surface area contributed by atoms with Gasteiger partial charge in [-0.1, -0.05) is 35.9 Å². The number of nitrogens with zero attached hydrogens (tertiary/aromatic N) is 2. The third-order valence-corrected chi connectivity index (χ3v) is 6.17. The molecule has 0 saturated carbocycles. The van der Waals surface area contributed by atoms with E-state index in [0.717, 1.165) is 26.2 Å². The summed E-state index contributed by atoms with van der Waals surface area (Å²) < 4.78 is 0. The maximum absolute atomic E-state index is 12.4. The van der Waals surface area contributed by atoms with E-state index in [4.69, 9.17) is 0 Å². The van der Waals surface area contributed by atoms with Crippen LogP contribution in [0.3, 0.4) is 0 Å². The summed E-state index contributed by atoms with van der Waals surface area (Å²) in [4.78, 5) is 18.3. The van der Waals surface area contributed by atoms with E-state index in [1.54, 1.807) is 11.8 Å². The molecule has 0 aromatic heterocycles. The maximum Gasteiger partial charge on any atom is 0.230 e. The quantitative estimate of drug-likeness (QED) is 0.775. The molecule has 3 rings (SSSR count). The number of likely N-dealkylation sites (N-methyl/N-ethyl adjacent to an activating group) is 1. The molecule has 1 aliphatic rings. The van der Waals surface area contributed by atoms with Crippen LogP contribution in [0.1, 0.15) is 16.7 Å². The van der Waals surface area contributed by atoms with Crippen LogP contribution in [0.5, 0.6) is 0 Å². The van der Waals surface area contributed by atoms with Gasteiger partial charge in [0.1, 0.15) is 0 Å². The van der Waals surface area contributed by atoms with Crippen LogP contribution in [0.15, 0.2) is 47.4 Å². The van der Waals surface area contributed by atoms with E-state index < -0.39 is 0 Å². The molecular formula is C22H29N3OS. The largest absolute Gasteiger partial charge is 0.369 e. The Morgan fingerprint density at radius 2 is 1.81 bits per heavy atom. The summed E-state index contributed by atoms with van der Waals surface area (Å²) in [6, 6.07) is 14.8. The average Bonchev–Trinajstić information content (AvgIpc) is 2.68. The van der Waals surface area contributed by atoms with Crippen LogP contribution in [0, 0.1) is 13.8 Å². The van der Waals surface area contributed by atoms with Crippen molar-refractivity contribution in [3.63, 3.8) is 0 Å². The number of carbonyl (C=O) groups is 1. The molecule has 5 heteroatoms. The number of aryl methyl sites for hydroxylation is 2. The minimum atomic E-state index is 0.0779. The molecule has 1 saturated heterocycles.